The summed E-state index contributed by atoms with van der Waals surface area (Å²) in [5.74, 6) is 0.847. The Kier molecular flexibility index (Phi) is 4.74. The zero-order valence-corrected chi connectivity index (χ0v) is 13.5. The van der Waals surface area contributed by atoms with Gasteiger partial charge in [-0.15, -0.1) is 0 Å². The van der Waals surface area contributed by atoms with Gasteiger partial charge in [0.25, 0.3) is 0 Å². The normalized spacial score (nSPS) is 16.6. The minimum Gasteiger partial charge on any atom is -0.306 e. The predicted molar refractivity (Wildman–Crippen MR) is 94.9 cm³/mol. The first-order chi connectivity index (χ1) is 10.7. The lowest BCUT2D eigenvalue weighted by Gasteiger charge is -2.29. The standard InChI is InChI=1S/C21H25N/c1-17(20-6-4-3-5-7-20)21-10-8-18(9-11-21)16-19-12-14-22(2)15-13-19/h3-11,19H,1,12-16H2,2H3. The van der Waals surface area contributed by atoms with Crippen molar-refractivity contribution in [3.05, 3.63) is 77.9 Å². The summed E-state index contributed by atoms with van der Waals surface area (Å²) in [5.41, 5.74) is 4.98. The van der Waals surface area contributed by atoms with Crippen LogP contribution in [0.2, 0.25) is 0 Å². The van der Waals surface area contributed by atoms with Gasteiger partial charge in [-0.2, -0.15) is 0 Å². The number of benzene rings is 2. The lowest BCUT2D eigenvalue weighted by Crippen LogP contribution is -2.30. The molecule has 1 nitrogen and oxygen atoms in total. The number of piperidine rings is 1. The zero-order chi connectivity index (χ0) is 15.4. The van der Waals surface area contributed by atoms with Crippen molar-refractivity contribution in [1.82, 2.24) is 4.90 Å². The van der Waals surface area contributed by atoms with Gasteiger partial charge >= 0.3 is 0 Å². The van der Waals surface area contributed by atoms with Gasteiger partial charge in [0.1, 0.15) is 0 Å². The van der Waals surface area contributed by atoms with Crippen LogP contribution in [0.25, 0.3) is 5.57 Å². The van der Waals surface area contributed by atoms with Crippen molar-refractivity contribution in [1.29, 1.82) is 0 Å². The monoisotopic (exact) mass is 291 g/mol. The first kappa shape index (κ1) is 15.1. The molecule has 0 bridgehead atoms. The molecule has 0 spiro atoms. The van der Waals surface area contributed by atoms with E-state index >= 15 is 0 Å². The summed E-state index contributed by atoms with van der Waals surface area (Å²) in [4.78, 5) is 2.43. The molecule has 1 heterocycles. The summed E-state index contributed by atoms with van der Waals surface area (Å²) in [6.07, 6.45) is 3.87. The number of hydrogen-bond acceptors (Lipinski definition) is 1. The molecule has 1 fully saturated rings. The van der Waals surface area contributed by atoms with Crippen LogP contribution in [0.4, 0.5) is 0 Å². The highest BCUT2D eigenvalue weighted by Crippen LogP contribution is 2.24. The molecule has 0 saturated carbocycles. The van der Waals surface area contributed by atoms with E-state index in [-0.39, 0.29) is 0 Å². The predicted octanol–water partition coefficient (Wildman–Crippen LogP) is 4.63. The number of nitrogens with zero attached hydrogens (tertiary/aromatic N) is 1. The molecule has 0 amide bonds. The maximum atomic E-state index is 4.24. The second-order valence-corrected chi connectivity index (χ2v) is 6.49. The van der Waals surface area contributed by atoms with Crippen molar-refractivity contribution < 1.29 is 0 Å². The average molecular weight is 291 g/mol. The Labute approximate surface area is 134 Å². The van der Waals surface area contributed by atoms with E-state index in [1.54, 1.807) is 0 Å². The van der Waals surface area contributed by atoms with Gasteiger partial charge < -0.3 is 4.90 Å². The van der Waals surface area contributed by atoms with E-state index in [0.717, 1.165) is 11.5 Å². The van der Waals surface area contributed by atoms with E-state index in [4.69, 9.17) is 0 Å². The highest BCUT2D eigenvalue weighted by atomic mass is 15.1. The van der Waals surface area contributed by atoms with Gasteiger partial charge in [-0.25, -0.2) is 0 Å². The summed E-state index contributed by atoms with van der Waals surface area (Å²) < 4.78 is 0. The van der Waals surface area contributed by atoms with Crippen LogP contribution in [-0.4, -0.2) is 25.0 Å². The molecule has 1 heteroatoms. The summed E-state index contributed by atoms with van der Waals surface area (Å²) in [6.45, 7) is 6.73. The fraction of sp³-hybridized carbons (Fsp3) is 0.333. The van der Waals surface area contributed by atoms with E-state index in [2.05, 4.69) is 67.1 Å². The molecule has 0 atom stereocenters. The highest BCUT2D eigenvalue weighted by molar-refractivity contribution is 5.77. The molecule has 2 aromatic rings. The minimum absolute atomic E-state index is 0.847. The van der Waals surface area contributed by atoms with Crippen LogP contribution in [0, 0.1) is 5.92 Å². The largest absolute Gasteiger partial charge is 0.306 e. The number of likely N-dealkylation sites (tertiary alicyclic amines) is 1. The first-order valence-electron chi connectivity index (χ1n) is 8.24. The minimum atomic E-state index is 0.847. The van der Waals surface area contributed by atoms with Gasteiger partial charge in [-0.05, 0) is 67.6 Å². The van der Waals surface area contributed by atoms with Gasteiger partial charge in [0.05, 0.1) is 0 Å². The van der Waals surface area contributed by atoms with Gasteiger partial charge in [-0.3, -0.25) is 0 Å². The third-order valence-electron chi connectivity index (χ3n) is 4.79. The van der Waals surface area contributed by atoms with E-state index in [1.165, 1.54) is 49.0 Å². The molecular formula is C21H25N. The van der Waals surface area contributed by atoms with Crippen LogP contribution in [0.3, 0.4) is 0 Å². The smallest absolute Gasteiger partial charge is 0.00190 e. The third kappa shape index (κ3) is 3.66. The number of hydrogen-bond donors (Lipinski definition) is 0. The quantitative estimate of drug-likeness (QED) is 0.793. The molecule has 1 aliphatic heterocycles. The SMILES string of the molecule is C=C(c1ccccc1)c1ccc(CC2CCN(C)CC2)cc1. The molecule has 0 aromatic heterocycles. The van der Waals surface area contributed by atoms with Gasteiger partial charge in [0.2, 0.25) is 0 Å². The van der Waals surface area contributed by atoms with Crippen LogP contribution < -0.4 is 0 Å². The van der Waals surface area contributed by atoms with Crippen LogP contribution in [0.1, 0.15) is 29.5 Å². The van der Waals surface area contributed by atoms with Crippen molar-refractivity contribution in [3.63, 3.8) is 0 Å². The second kappa shape index (κ2) is 6.93. The summed E-state index contributed by atoms with van der Waals surface area (Å²) >= 11 is 0. The van der Waals surface area contributed by atoms with Crippen LogP contribution in [0.15, 0.2) is 61.2 Å². The van der Waals surface area contributed by atoms with E-state index in [1.807, 2.05) is 6.07 Å². The second-order valence-electron chi connectivity index (χ2n) is 6.49. The van der Waals surface area contributed by atoms with Gasteiger partial charge in [0, 0.05) is 0 Å². The first-order valence-corrected chi connectivity index (χ1v) is 8.24. The average Bonchev–Trinajstić information content (AvgIpc) is 2.58. The third-order valence-corrected chi connectivity index (χ3v) is 4.79. The molecule has 0 N–H and O–H groups in total. The Morgan fingerprint density at radius 2 is 1.55 bits per heavy atom. The molecule has 0 unspecified atom stereocenters. The Balaban J connectivity index is 1.64. The summed E-state index contributed by atoms with van der Waals surface area (Å²) in [6, 6.07) is 19.4. The molecule has 2 aromatic carbocycles. The lowest BCUT2D eigenvalue weighted by molar-refractivity contribution is 0.219. The van der Waals surface area contributed by atoms with Crippen LogP contribution >= 0.6 is 0 Å². The molecular weight excluding hydrogens is 266 g/mol. The van der Waals surface area contributed by atoms with Crippen molar-refractivity contribution in [2.24, 2.45) is 5.92 Å². The topological polar surface area (TPSA) is 3.24 Å². The highest BCUT2D eigenvalue weighted by Gasteiger charge is 2.16. The Morgan fingerprint density at radius 3 is 2.18 bits per heavy atom. The summed E-state index contributed by atoms with van der Waals surface area (Å²) in [7, 11) is 2.22. The van der Waals surface area contributed by atoms with Gasteiger partial charge in [-0.1, -0.05) is 61.2 Å². The van der Waals surface area contributed by atoms with Crippen molar-refractivity contribution in [3.8, 4) is 0 Å². The molecule has 1 saturated heterocycles. The van der Waals surface area contributed by atoms with Crippen LogP contribution in [0.5, 0.6) is 0 Å². The molecule has 1 aliphatic rings. The summed E-state index contributed by atoms with van der Waals surface area (Å²) in [5, 5.41) is 0. The lowest BCUT2D eigenvalue weighted by atomic mass is 9.89. The van der Waals surface area contributed by atoms with E-state index < -0.39 is 0 Å². The maximum Gasteiger partial charge on any atom is -0.00190 e. The van der Waals surface area contributed by atoms with Crippen molar-refractivity contribution in [2.75, 3.05) is 20.1 Å². The fourth-order valence-electron chi connectivity index (χ4n) is 3.25. The molecule has 3 rings (SSSR count). The van der Waals surface area contributed by atoms with E-state index in [9.17, 15) is 0 Å². The maximum absolute atomic E-state index is 4.24. The Morgan fingerprint density at radius 1 is 0.955 bits per heavy atom. The van der Waals surface area contributed by atoms with Gasteiger partial charge in [0.15, 0.2) is 0 Å². The van der Waals surface area contributed by atoms with E-state index in [0.29, 0.717) is 0 Å². The van der Waals surface area contributed by atoms with Crippen molar-refractivity contribution >= 4 is 5.57 Å². The zero-order valence-electron chi connectivity index (χ0n) is 13.5. The molecule has 0 radical (unpaired) electrons. The molecule has 114 valence electrons. The molecule has 0 aliphatic carbocycles. The van der Waals surface area contributed by atoms with Crippen LogP contribution in [-0.2, 0) is 6.42 Å². The Bertz CT molecular complexity index is 604. The Hall–Kier alpha value is -1.86. The fourth-order valence-corrected chi connectivity index (χ4v) is 3.25. The van der Waals surface area contributed by atoms with Crippen molar-refractivity contribution in [2.45, 2.75) is 19.3 Å². The number of rotatable bonds is 4. The molecule has 22 heavy (non-hydrogen) atoms.